The zero-order valence-electron chi connectivity index (χ0n) is 15.7. The third-order valence-corrected chi connectivity index (χ3v) is 4.94. The number of guanidine groups is 1. The summed E-state index contributed by atoms with van der Waals surface area (Å²) in [6, 6.07) is 2.13. The van der Waals surface area contributed by atoms with Gasteiger partial charge in [0.1, 0.15) is 12.1 Å². The minimum atomic E-state index is 0. The van der Waals surface area contributed by atoms with Gasteiger partial charge in [-0.2, -0.15) is 5.10 Å². The molecule has 0 amide bonds. The zero-order valence-corrected chi connectivity index (χ0v) is 18.8. The van der Waals surface area contributed by atoms with E-state index < -0.39 is 0 Å². The summed E-state index contributed by atoms with van der Waals surface area (Å²) >= 11 is 1.74. The SMILES string of the molecule is CCNC(=NCc1sccc1C)NCCNc1ncnc2c1cnn2C.I. The number of thiophene rings is 1. The molecule has 10 heteroatoms. The van der Waals surface area contributed by atoms with Crippen LogP contribution in [0.5, 0.6) is 0 Å². The van der Waals surface area contributed by atoms with Gasteiger partial charge in [0.2, 0.25) is 0 Å². The van der Waals surface area contributed by atoms with E-state index in [1.165, 1.54) is 10.4 Å². The van der Waals surface area contributed by atoms with Crippen LogP contribution in [0.25, 0.3) is 11.0 Å². The van der Waals surface area contributed by atoms with Gasteiger partial charge in [0.15, 0.2) is 11.6 Å². The first-order valence-electron chi connectivity index (χ1n) is 8.60. The summed E-state index contributed by atoms with van der Waals surface area (Å²) in [6.45, 7) is 7.13. The molecule has 0 aliphatic carbocycles. The number of rotatable bonds is 7. The molecular weight excluding hydrogens is 475 g/mol. The molecule has 0 saturated carbocycles. The van der Waals surface area contributed by atoms with Crippen molar-refractivity contribution in [2.24, 2.45) is 12.0 Å². The third kappa shape index (κ3) is 5.51. The van der Waals surface area contributed by atoms with Crippen molar-refractivity contribution in [2.45, 2.75) is 20.4 Å². The van der Waals surface area contributed by atoms with Crippen LogP contribution in [0.15, 0.2) is 29.0 Å². The van der Waals surface area contributed by atoms with Crippen LogP contribution in [0, 0.1) is 6.92 Å². The number of aliphatic imine (C=N–C) groups is 1. The number of anilines is 1. The Balaban J connectivity index is 0.00000261. The topological polar surface area (TPSA) is 92.1 Å². The lowest BCUT2D eigenvalue weighted by Crippen LogP contribution is -2.39. The molecule has 0 fully saturated rings. The first-order chi connectivity index (χ1) is 12.7. The molecule has 0 aromatic carbocycles. The van der Waals surface area contributed by atoms with E-state index in [1.54, 1.807) is 28.5 Å². The Morgan fingerprint density at radius 3 is 2.85 bits per heavy atom. The second kappa shape index (κ2) is 10.4. The molecule has 0 bridgehead atoms. The number of aromatic nitrogens is 4. The Kier molecular flexibility index (Phi) is 8.23. The summed E-state index contributed by atoms with van der Waals surface area (Å²) in [5.74, 6) is 1.61. The lowest BCUT2D eigenvalue weighted by molar-refractivity contribution is 0.785. The summed E-state index contributed by atoms with van der Waals surface area (Å²) < 4.78 is 1.74. The fourth-order valence-electron chi connectivity index (χ4n) is 2.52. The van der Waals surface area contributed by atoms with Crippen LogP contribution in [0.4, 0.5) is 5.82 Å². The van der Waals surface area contributed by atoms with Gasteiger partial charge >= 0.3 is 0 Å². The average Bonchev–Trinajstić information content (AvgIpc) is 3.23. The Bertz CT molecular complexity index is 888. The van der Waals surface area contributed by atoms with Gasteiger partial charge < -0.3 is 16.0 Å². The van der Waals surface area contributed by atoms with Crippen LogP contribution in [0.2, 0.25) is 0 Å². The summed E-state index contributed by atoms with van der Waals surface area (Å²) in [6.07, 6.45) is 3.33. The smallest absolute Gasteiger partial charge is 0.191 e. The Labute approximate surface area is 179 Å². The number of hydrogen-bond acceptors (Lipinski definition) is 6. The summed E-state index contributed by atoms with van der Waals surface area (Å²) in [4.78, 5) is 14.5. The summed E-state index contributed by atoms with van der Waals surface area (Å²) in [5.41, 5.74) is 2.11. The molecule has 0 atom stereocenters. The van der Waals surface area contributed by atoms with Crippen LogP contribution in [0.1, 0.15) is 17.4 Å². The average molecular weight is 500 g/mol. The lowest BCUT2D eigenvalue weighted by atomic mass is 10.3. The zero-order chi connectivity index (χ0) is 18.4. The van der Waals surface area contributed by atoms with Crippen molar-refractivity contribution in [1.82, 2.24) is 30.4 Å². The van der Waals surface area contributed by atoms with Crippen molar-refractivity contribution in [2.75, 3.05) is 25.0 Å². The van der Waals surface area contributed by atoms with Crippen LogP contribution in [0.3, 0.4) is 0 Å². The molecule has 27 heavy (non-hydrogen) atoms. The first kappa shape index (κ1) is 21.4. The van der Waals surface area contributed by atoms with E-state index in [-0.39, 0.29) is 24.0 Å². The van der Waals surface area contributed by atoms with Crippen molar-refractivity contribution in [3.8, 4) is 0 Å². The van der Waals surface area contributed by atoms with Gasteiger partial charge in [-0.3, -0.25) is 4.68 Å². The standard InChI is InChI=1S/C17H24N8S.HI/c1-4-18-17(21-10-14-12(2)5-8-26-14)20-7-6-19-15-13-9-24-25(3)16(13)23-11-22-15;/h5,8-9,11H,4,6-7,10H2,1-3H3,(H2,18,20,21)(H,19,22,23);1H. The predicted octanol–water partition coefficient (Wildman–Crippen LogP) is 2.52. The minimum Gasteiger partial charge on any atom is -0.368 e. The van der Waals surface area contributed by atoms with Crippen LogP contribution in [-0.2, 0) is 13.6 Å². The number of fused-ring (bicyclic) bond motifs is 1. The van der Waals surface area contributed by atoms with Crippen molar-refractivity contribution in [3.05, 3.63) is 34.4 Å². The van der Waals surface area contributed by atoms with Gasteiger partial charge in [0.25, 0.3) is 0 Å². The molecule has 3 aromatic heterocycles. The lowest BCUT2D eigenvalue weighted by Gasteiger charge is -2.12. The van der Waals surface area contributed by atoms with E-state index in [1.807, 2.05) is 7.05 Å². The first-order valence-corrected chi connectivity index (χ1v) is 9.48. The highest BCUT2D eigenvalue weighted by molar-refractivity contribution is 14.0. The number of halogens is 1. The highest BCUT2D eigenvalue weighted by Crippen LogP contribution is 2.17. The molecule has 0 unspecified atom stereocenters. The molecule has 0 radical (unpaired) electrons. The summed E-state index contributed by atoms with van der Waals surface area (Å²) in [5, 5.41) is 17.2. The van der Waals surface area contributed by atoms with Gasteiger partial charge in [-0.05, 0) is 30.9 Å². The molecule has 0 aliphatic rings. The van der Waals surface area contributed by atoms with Crippen LogP contribution >= 0.6 is 35.3 Å². The highest BCUT2D eigenvalue weighted by atomic mass is 127. The van der Waals surface area contributed by atoms with Gasteiger partial charge in [-0.15, -0.1) is 35.3 Å². The van der Waals surface area contributed by atoms with E-state index in [0.717, 1.165) is 35.9 Å². The molecule has 3 heterocycles. The van der Waals surface area contributed by atoms with Gasteiger partial charge in [0.05, 0.1) is 18.1 Å². The second-order valence-electron chi connectivity index (χ2n) is 5.80. The normalized spacial score (nSPS) is 11.3. The molecule has 3 N–H and O–H groups in total. The maximum absolute atomic E-state index is 4.65. The van der Waals surface area contributed by atoms with Crippen LogP contribution in [-0.4, -0.2) is 45.3 Å². The van der Waals surface area contributed by atoms with Crippen molar-refractivity contribution in [3.63, 3.8) is 0 Å². The molecule has 3 rings (SSSR count). The third-order valence-electron chi connectivity index (χ3n) is 3.93. The van der Waals surface area contributed by atoms with E-state index in [4.69, 9.17) is 0 Å². The molecular formula is C17H25IN8S. The Morgan fingerprint density at radius 1 is 1.26 bits per heavy atom. The monoisotopic (exact) mass is 500 g/mol. The van der Waals surface area contributed by atoms with Crippen molar-refractivity contribution < 1.29 is 0 Å². The van der Waals surface area contributed by atoms with E-state index in [9.17, 15) is 0 Å². The van der Waals surface area contributed by atoms with Gasteiger partial charge in [0, 0.05) is 31.6 Å². The van der Waals surface area contributed by atoms with Gasteiger partial charge in [-0.1, -0.05) is 0 Å². The molecule has 0 aliphatic heterocycles. The van der Waals surface area contributed by atoms with E-state index >= 15 is 0 Å². The molecule has 3 aromatic rings. The summed E-state index contributed by atoms with van der Waals surface area (Å²) in [7, 11) is 1.87. The molecule has 0 spiro atoms. The maximum atomic E-state index is 4.65. The fraction of sp³-hybridized carbons (Fsp3) is 0.412. The van der Waals surface area contributed by atoms with Gasteiger partial charge in [-0.25, -0.2) is 15.0 Å². The van der Waals surface area contributed by atoms with Crippen molar-refractivity contribution >= 4 is 58.1 Å². The van der Waals surface area contributed by atoms with Crippen molar-refractivity contribution in [1.29, 1.82) is 0 Å². The van der Waals surface area contributed by atoms with E-state index in [0.29, 0.717) is 13.1 Å². The fourth-order valence-corrected chi connectivity index (χ4v) is 3.35. The Morgan fingerprint density at radius 2 is 2.11 bits per heavy atom. The predicted molar refractivity (Wildman–Crippen MR) is 122 cm³/mol. The Hall–Kier alpha value is -1.95. The second-order valence-corrected chi connectivity index (χ2v) is 6.80. The molecule has 0 saturated heterocycles. The number of aryl methyl sites for hydroxylation is 2. The highest BCUT2D eigenvalue weighted by Gasteiger charge is 2.07. The van der Waals surface area contributed by atoms with Crippen LogP contribution < -0.4 is 16.0 Å². The number of nitrogens with zero attached hydrogens (tertiary/aromatic N) is 5. The quantitative estimate of drug-likeness (QED) is 0.200. The maximum Gasteiger partial charge on any atom is 0.191 e. The molecule has 146 valence electrons. The largest absolute Gasteiger partial charge is 0.368 e. The van der Waals surface area contributed by atoms with E-state index in [2.05, 4.69) is 61.3 Å². The number of nitrogens with one attached hydrogen (secondary N) is 3. The number of hydrogen-bond donors (Lipinski definition) is 3. The minimum absolute atomic E-state index is 0. The molecule has 8 nitrogen and oxygen atoms in total.